The second-order valence-electron chi connectivity index (χ2n) is 5.10. The van der Waals surface area contributed by atoms with Gasteiger partial charge in [-0.05, 0) is 24.6 Å². The van der Waals surface area contributed by atoms with Crippen LogP contribution in [0.3, 0.4) is 0 Å². The van der Waals surface area contributed by atoms with Gasteiger partial charge in [0.1, 0.15) is 11.3 Å². The first-order valence-corrected chi connectivity index (χ1v) is 6.43. The Hall–Kier alpha value is -2.57. The van der Waals surface area contributed by atoms with E-state index < -0.39 is 17.5 Å². The molecule has 1 atom stereocenters. The maximum absolute atomic E-state index is 11.8. The molecule has 1 aliphatic heterocycles. The normalized spacial score (nSPS) is 20.7. The van der Waals surface area contributed by atoms with Crippen molar-refractivity contribution in [1.82, 2.24) is 15.5 Å². The Balaban J connectivity index is 2.08. The second kappa shape index (κ2) is 5.82. The molecular formula is C14H17N3O4. The van der Waals surface area contributed by atoms with Gasteiger partial charge in [-0.3, -0.25) is 14.9 Å². The van der Waals surface area contributed by atoms with Gasteiger partial charge in [0, 0.05) is 6.54 Å². The molecule has 2 N–H and O–H groups in total. The fourth-order valence-electron chi connectivity index (χ4n) is 2.23. The molecule has 1 saturated heterocycles. The zero-order valence-electron chi connectivity index (χ0n) is 11.9. The maximum atomic E-state index is 11.8. The molecule has 4 amide bonds. The molecule has 7 nitrogen and oxygen atoms in total. The van der Waals surface area contributed by atoms with Crippen LogP contribution in [0, 0.1) is 0 Å². The van der Waals surface area contributed by atoms with Crippen molar-refractivity contribution in [3.63, 3.8) is 0 Å². The second-order valence-corrected chi connectivity index (χ2v) is 5.10. The van der Waals surface area contributed by atoms with Crippen LogP contribution in [0.15, 0.2) is 24.3 Å². The summed E-state index contributed by atoms with van der Waals surface area (Å²) in [7, 11) is 1.57. The van der Waals surface area contributed by atoms with Crippen LogP contribution in [0.1, 0.15) is 12.5 Å². The molecule has 7 heteroatoms. The summed E-state index contributed by atoms with van der Waals surface area (Å²) in [5, 5.41) is 4.70. The smallest absolute Gasteiger partial charge is 0.322 e. The van der Waals surface area contributed by atoms with Crippen molar-refractivity contribution in [3.8, 4) is 5.75 Å². The number of benzene rings is 1. The molecule has 1 aromatic carbocycles. The molecule has 1 aromatic rings. The van der Waals surface area contributed by atoms with Gasteiger partial charge < -0.3 is 15.0 Å². The average molecular weight is 291 g/mol. The Morgan fingerprint density at radius 2 is 2.14 bits per heavy atom. The summed E-state index contributed by atoms with van der Waals surface area (Å²) >= 11 is 0. The van der Waals surface area contributed by atoms with Gasteiger partial charge in [0.2, 0.25) is 6.41 Å². The summed E-state index contributed by atoms with van der Waals surface area (Å²) in [6.07, 6.45) is 0.655. The van der Waals surface area contributed by atoms with E-state index in [2.05, 4.69) is 10.6 Å². The lowest BCUT2D eigenvalue weighted by Crippen LogP contribution is -2.52. The topological polar surface area (TPSA) is 87.7 Å². The van der Waals surface area contributed by atoms with E-state index in [1.54, 1.807) is 20.1 Å². The van der Waals surface area contributed by atoms with Crippen molar-refractivity contribution in [3.05, 3.63) is 29.8 Å². The van der Waals surface area contributed by atoms with E-state index in [1.165, 1.54) is 4.90 Å². The molecular weight excluding hydrogens is 274 g/mol. The van der Waals surface area contributed by atoms with Crippen molar-refractivity contribution >= 4 is 18.3 Å². The van der Waals surface area contributed by atoms with Crippen LogP contribution in [0.5, 0.6) is 5.75 Å². The predicted molar refractivity (Wildman–Crippen MR) is 74.5 cm³/mol. The molecule has 0 aliphatic carbocycles. The van der Waals surface area contributed by atoms with E-state index in [0.717, 1.165) is 5.56 Å². The lowest BCUT2D eigenvalue weighted by Gasteiger charge is -2.27. The van der Waals surface area contributed by atoms with Gasteiger partial charge in [0.25, 0.3) is 5.91 Å². The van der Waals surface area contributed by atoms with Crippen LogP contribution in [0.2, 0.25) is 0 Å². The van der Waals surface area contributed by atoms with Gasteiger partial charge >= 0.3 is 6.03 Å². The van der Waals surface area contributed by atoms with Gasteiger partial charge in [-0.1, -0.05) is 12.1 Å². The van der Waals surface area contributed by atoms with Crippen LogP contribution in [-0.2, 0) is 16.1 Å². The number of urea groups is 1. The summed E-state index contributed by atoms with van der Waals surface area (Å²) < 4.78 is 5.13. The average Bonchev–Trinajstić information content (AvgIpc) is 2.71. The zero-order chi connectivity index (χ0) is 15.5. The van der Waals surface area contributed by atoms with E-state index in [0.29, 0.717) is 18.7 Å². The molecule has 21 heavy (non-hydrogen) atoms. The number of ether oxygens (including phenoxy) is 1. The number of hydrogen-bond donors (Lipinski definition) is 2. The number of carbonyl (C=O) groups excluding carboxylic acids is 3. The number of methoxy groups -OCH3 is 1. The summed E-state index contributed by atoms with van der Waals surface area (Å²) in [5.41, 5.74) is -0.244. The van der Waals surface area contributed by atoms with Crippen LogP contribution in [0.4, 0.5) is 4.79 Å². The Morgan fingerprint density at radius 3 is 2.71 bits per heavy atom. The third kappa shape index (κ3) is 3.31. The first-order chi connectivity index (χ1) is 9.96. The number of imide groups is 1. The molecule has 0 spiro atoms. The lowest BCUT2D eigenvalue weighted by atomic mass is 10.0. The fourth-order valence-corrected chi connectivity index (χ4v) is 2.23. The van der Waals surface area contributed by atoms with Crippen LogP contribution < -0.4 is 15.4 Å². The molecule has 0 bridgehead atoms. The highest BCUT2D eigenvalue weighted by Crippen LogP contribution is 2.16. The first-order valence-electron chi connectivity index (χ1n) is 6.43. The third-order valence-corrected chi connectivity index (χ3v) is 3.31. The van der Waals surface area contributed by atoms with E-state index >= 15 is 0 Å². The Morgan fingerprint density at radius 1 is 1.38 bits per heavy atom. The third-order valence-electron chi connectivity index (χ3n) is 3.31. The van der Waals surface area contributed by atoms with E-state index in [9.17, 15) is 14.4 Å². The van der Waals surface area contributed by atoms with Gasteiger partial charge in [-0.15, -0.1) is 0 Å². The standard InChI is InChI=1S/C14H17N3O4/c1-14(12(19)15-13(20)16-14)8-17(9-18)7-10-4-3-5-11(6-10)21-2/h3-6,9H,7-8H2,1-2H3,(H2,15,16,19,20). The van der Waals surface area contributed by atoms with E-state index in [1.807, 2.05) is 18.2 Å². The highest BCUT2D eigenvalue weighted by atomic mass is 16.5. The highest BCUT2D eigenvalue weighted by Gasteiger charge is 2.43. The fraction of sp³-hybridized carbons (Fsp3) is 0.357. The highest BCUT2D eigenvalue weighted by molar-refractivity contribution is 6.07. The monoisotopic (exact) mass is 291 g/mol. The number of amides is 4. The SMILES string of the molecule is COc1cccc(CN(C=O)CC2(C)NC(=O)NC2=O)c1. The number of hydrogen-bond acceptors (Lipinski definition) is 4. The van der Waals surface area contributed by atoms with Crippen molar-refractivity contribution in [2.75, 3.05) is 13.7 Å². The Labute approximate surface area is 122 Å². The van der Waals surface area contributed by atoms with E-state index in [-0.39, 0.29) is 6.54 Å². The van der Waals surface area contributed by atoms with Crippen molar-refractivity contribution in [1.29, 1.82) is 0 Å². The molecule has 112 valence electrons. The number of nitrogens with zero attached hydrogens (tertiary/aromatic N) is 1. The quantitative estimate of drug-likeness (QED) is 0.581. The summed E-state index contributed by atoms with van der Waals surface area (Å²) in [6.45, 7) is 1.99. The van der Waals surface area contributed by atoms with Gasteiger partial charge in [0.05, 0.1) is 13.7 Å². The summed E-state index contributed by atoms with van der Waals surface area (Å²) in [5.74, 6) is 0.251. The molecule has 0 aromatic heterocycles. The molecule has 1 fully saturated rings. The minimum atomic E-state index is -1.11. The van der Waals surface area contributed by atoms with Gasteiger partial charge in [-0.25, -0.2) is 4.79 Å². The largest absolute Gasteiger partial charge is 0.497 e. The van der Waals surface area contributed by atoms with Crippen LogP contribution >= 0.6 is 0 Å². The molecule has 1 aliphatic rings. The van der Waals surface area contributed by atoms with Crippen molar-refractivity contribution in [2.24, 2.45) is 0 Å². The molecule has 0 radical (unpaired) electrons. The Bertz CT molecular complexity index is 575. The van der Waals surface area contributed by atoms with Crippen LogP contribution in [0.25, 0.3) is 0 Å². The van der Waals surface area contributed by atoms with Gasteiger partial charge in [-0.2, -0.15) is 0 Å². The zero-order valence-corrected chi connectivity index (χ0v) is 11.9. The predicted octanol–water partition coefficient (Wildman–Crippen LogP) is 0.252. The van der Waals surface area contributed by atoms with Crippen LogP contribution in [-0.4, -0.2) is 42.4 Å². The number of nitrogens with one attached hydrogen (secondary N) is 2. The number of rotatable bonds is 6. The molecule has 1 heterocycles. The summed E-state index contributed by atoms with van der Waals surface area (Å²) in [6, 6.07) is 6.75. The van der Waals surface area contributed by atoms with Crippen molar-refractivity contribution < 1.29 is 19.1 Å². The maximum Gasteiger partial charge on any atom is 0.322 e. The first kappa shape index (κ1) is 14.8. The summed E-state index contributed by atoms with van der Waals surface area (Å²) in [4.78, 5) is 35.6. The molecule has 0 saturated carbocycles. The van der Waals surface area contributed by atoms with E-state index in [4.69, 9.17) is 4.74 Å². The minimum absolute atomic E-state index is 0.0886. The minimum Gasteiger partial charge on any atom is -0.497 e. The number of carbonyl (C=O) groups is 3. The lowest BCUT2D eigenvalue weighted by molar-refractivity contribution is -0.126. The molecule has 1 unspecified atom stereocenters. The Kier molecular flexibility index (Phi) is 4.11. The van der Waals surface area contributed by atoms with Gasteiger partial charge in [0.15, 0.2) is 0 Å². The van der Waals surface area contributed by atoms with Crippen molar-refractivity contribution in [2.45, 2.75) is 19.0 Å². The molecule has 2 rings (SSSR count).